The lowest BCUT2D eigenvalue weighted by molar-refractivity contribution is 1.31. The summed E-state index contributed by atoms with van der Waals surface area (Å²) in [5.74, 6) is 0. The SMILES string of the molecule is c1ccc2cc(N(c3ccc4ccccc4c3)c3cc4c5ccccc5c(N(c5ccc6ccccc6c5)c5ccc6ccccc6c5)cc4c4ccccc34)ccc2c1. The van der Waals surface area contributed by atoms with Gasteiger partial charge in [-0.05, 0) is 125 Å². The first-order valence-corrected chi connectivity index (χ1v) is 20.7. The van der Waals surface area contributed by atoms with Gasteiger partial charge in [0, 0.05) is 33.5 Å². The summed E-state index contributed by atoms with van der Waals surface area (Å²) in [5.41, 5.74) is 6.76. The average molecular weight is 763 g/mol. The van der Waals surface area contributed by atoms with Gasteiger partial charge in [0.15, 0.2) is 0 Å². The fraction of sp³-hybridized carbons (Fsp3) is 0. The molecule has 12 rings (SSSR count). The van der Waals surface area contributed by atoms with Gasteiger partial charge in [-0.3, -0.25) is 0 Å². The Labute approximate surface area is 348 Å². The van der Waals surface area contributed by atoms with Gasteiger partial charge in [-0.25, -0.2) is 0 Å². The standard InChI is InChI=1S/C58H38N2/c1-5-17-43-33-47(29-25-39(43)13-1)59(48-30-26-40-14-2-6-18-44(40)34-48)57-37-55-52-22-10-12-24-54(52)58(38-56(55)51-21-9-11-23-53(51)57)60(49-31-27-41-15-3-7-19-45(41)35-49)50-32-28-42-16-4-8-20-46(42)36-50/h1-38H. The number of hydrogen-bond donors (Lipinski definition) is 0. The lowest BCUT2D eigenvalue weighted by Crippen LogP contribution is -2.12. The van der Waals surface area contributed by atoms with Crippen LogP contribution in [-0.4, -0.2) is 0 Å². The predicted octanol–water partition coefficient (Wildman–Crippen LogP) is 16.7. The van der Waals surface area contributed by atoms with E-state index in [1.165, 1.54) is 75.4 Å². The molecule has 0 aliphatic carbocycles. The summed E-state index contributed by atoms with van der Waals surface area (Å²) in [6, 6.07) is 84.7. The molecule has 12 aromatic carbocycles. The highest BCUT2D eigenvalue weighted by molar-refractivity contribution is 6.25. The molecule has 12 aromatic rings. The number of rotatable bonds is 6. The van der Waals surface area contributed by atoms with Gasteiger partial charge in [-0.1, -0.05) is 170 Å². The molecule has 0 saturated heterocycles. The molecule has 0 heterocycles. The minimum atomic E-state index is 1.12. The first kappa shape index (κ1) is 34.1. The van der Waals surface area contributed by atoms with Crippen molar-refractivity contribution in [3.05, 3.63) is 231 Å². The Morgan fingerprint density at radius 2 is 0.433 bits per heavy atom. The monoisotopic (exact) mass is 762 g/mol. The van der Waals surface area contributed by atoms with Crippen LogP contribution in [0.15, 0.2) is 231 Å². The molecule has 0 spiro atoms. The molecular formula is C58H38N2. The summed E-state index contributed by atoms with van der Waals surface area (Å²) in [5, 5.41) is 17.0. The van der Waals surface area contributed by atoms with Gasteiger partial charge in [0.1, 0.15) is 0 Å². The molecule has 280 valence electrons. The molecule has 0 atom stereocenters. The fourth-order valence-corrected chi connectivity index (χ4v) is 9.40. The molecule has 0 aliphatic heterocycles. The fourth-order valence-electron chi connectivity index (χ4n) is 9.40. The highest BCUT2D eigenvalue weighted by atomic mass is 15.2. The zero-order valence-corrected chi connectivity index (χ0v) is 32.8. The van der Waals surface area contributed by atoms with Crippen LogP contribution in [-0.2, 0) is 0 Å². The zero-order chi connectivity index (χ0) is 39.6. The smallest absolute Gasteiger partial charge is 0.0546 e. The third kappa shape index (κ3) is 5.65. The van der Waals surface area contributed by atoms with E-state index in [4.69, 9.17) is 0 Å². The van der Waals surface area contributed by atoms with Crippen LogP contribution in [0.4, 0.5) is 34.1 Å². The maximum absolute atomic E-state index is 2.46. The van der Waals surface area contributed by atoms with Gasteiger partial charge >= 0.3 is 0 Å². The van der Waals surface area contributed by atoms with Crippen LogP contribution in [0.25, 0.3) is 75.4 Å². The second kappa shape index (κ2) is 13.9. The summed E-state index contributed by atoms with van der Waals surface area (Å²) in [6.07, 6.45) is 0. The van der Waals surface area contributed by atoms with Gasteiger partial charge in [0.25, 0.3) is 0 Å². The van der Waals surface area contributed by atoms with Crippen molar-refractivity contribution in [2.24, 2.45) is 0 Å². The van der Waals surface area contributed by atoms with E-state index in [1.54, 1.807) is 0 Å². The van der Waals surface area contributed by atoms with Crippen LogP contribution >= 0.6 is 0 Å². The lowest BCUT2D eigenvalue weighted by atomic mass is 9.93. The number of anilines is 6. The number of hydrogen-bond acceptors (Lipinski definition) is 2. The van der Waals surface area contributed by atoms with Crippen LogP contribution < -0.4 is 9.80 Å². The number of nitrogens with zero attached hydrogens (tertiary/aromatic N) is 2. The molecule has 0 fully saturated rings. The second-order valence-corrected chi connectivity index (χ2v) is 15.8. The van der Waals surface area contributed by atoms with E-state index in [9.17, 15) is 0 Å². The Balaban J connectivity index is 1.15. The Morgan fingerprint density at radius 3 is 0.733 bits per heavy atom. The summed E-state index contributed by atoms with van der Waals surface area (Å²) in [4.78, 5) is 4.92. The van der Waals surface area contributed by atoms with Gasteiger partial charge in [0.2, 0.25) is 0 Å². The van der Waals surface area contributed by atoms with Crippen LogP contribution in [0.2, 0.25) is 0 Å². The van der Waals surface area contributed by atoms with Crippen molar-refractivity contribution in [2.75, 3.05) is 9.80 Å². The average Bonchev–Trinajstić information content (AvgIpc) is 3.31. The Hall–Kier alpha value is -7.94. The van der Waals surface area contributed by atoms with Crippen molar-refractivity contribution in [2.45, 2.75) is 0 Å². The summed E-state index contributed by atoms with van der Waals surface area (Å²) < 4.78 is 0. The minimum absolute atomic E-state index is 1.12. The normalized spacial score (nSPS) is 11.7. The molecule has 0 aliphatic rings. The first-order chi connectivity index (χ1) is 29.7. The topological polar surface area (TPSA) is 6.48 Å². The molecule has 0 unspecified atom stereocenters. The minimum Gasteiger partial charge on any atom is -0.310 e. The molecule has 0 saturated carbocycles. The van der Waals surface area contributed by atoms with Crippen molar-refractivity contribution < 1.29 is 0 Å². The molecule has 0 bridgehead atoms. The highest BCUT2D eigenvalue weighted by Gasteiger charge is 2.23. The van der Waals surface area contributed by atoms with Crippen LogP contribution in [0, 0.1) is 0 Å². The molecule has 60 heavy (non-hydrogen) atoms. The quantitative estimate of drug-likeness (QED) is 0.156. The maximum atomic E-state index is 2.46. The van der Waals surface area contributed by atoms with E-state index >= 15 is 0 Å². The van der Waals surface area contributed by atoms with Crippen LogP contribution in [0.5, 0.6) is 0 Å². The Kier molecular flexibility index (Phi) is 7.89. The van der Waals surface area contributed by atoms with Crippen LogP contribution in [0.3, 0.4) is 0 Å². The predicted molar refractivity (Wildman–Crippen MR) is 258 cm³/mol. The van der Waals surface area contributed by atoms with E-state index < -0.39 is 0 Å². The lowest BCUT2D eigenvalue weighted by Gasteiger charge is -2.30. The number of fused-ring (bicyclic) bond motifs is 9. The molecule has 0 aromatic heterocycles. The van der Waals surface area contributed by atoms with Gasteiger partial charge in [-0.2, -0.15) is 0 Å². The molecule has 0 amide bonds. The molecule has 0 N–H and O–H groups in total. The highest BCUT2D eigenvalue weighted by Crippen LogP contribution is 2.48. The van der Waals surface area contributed by atoms with E-state index in [0.717, 1.165) is 34.1 Å². The van der Waals surface area contributed by atoms with E-state index in [0.29, 0.717) is 0 Å². The summed E-state index contributed by atoms with van der Waals surface area (Å²) in [6.45, 7) is 0. The van der Waals surface area contributed by atoms with Crippen LogP contribution in [0.1, 0.15) is 0 Å². The van der Waals surface area contributed by atoms with E-state index in [1.807, 2.05) is 0 Å². The van der Waals surface area contributed by atoms with Crippen molar-refractivity contribution in [3.8, 4) is 0 Å². The Bertz CT molecular complexity index is 3240. The second-order valence-electron chi connectivity index (χ2n) is 15.8. The Morgan fingerprint density at radius 1 is 0.183 bits per heavy atom. The molecule has 2 nitrogen and oxygen atoms in total. The van der Waals surface area contributed by atoms with Crippen molar-refractivity contribution in [1.82, 2.24) is 0 Å². The largest absolute Gasteiger partial charge is 0.310 e. The zero-order valence-electron chi connectivity index (χ0n) is 32.8. The van der Waals surface area contributed by atoms with Crippen molar-refractivity contribution in [3.63, 3.8) is 0 Å². The van der Waals surface area contributed by atoms with Crippen molar-refractivity contribution in [1.29, 1.82) is 0 Å². The van der Waals surface area contributed by atoms with E-state index in [-0.39, 0.29) is 0 Å². The third-order valence-corrected chi connectivity index (χ3v) is 12.3. The van der Waals surface area contributed by atoms with E-state index in [2.05, 4.69) is 240 Å². The van der Waals surface area contributed by atoms with Gasteiger partial charge in [0.05, 0.1) is 11.4 Å². The molecular weight excluding hydrogens is 725 g/mol. The molecule has 2 heteroatoms. The number of benzene rings is 12. The van der Waals surface area contributed by atoms with Crippen molar-refractivity contribution >= 4 is 110 Å². The third-order valence-electron chi connectivity index (χ3n) is 12.3. The maximum Gasteiger partial charge on any atom is 0.0546 e. The first-order valence-electron chi connectivity index (χ1n) is 20.7. The summed E-state index contributed by atoms with van der Waals surface area (Å²) in [7, 11) is 0. The van der Waals surface area contributed by atoms with Gasteiger partial charge in [-0.15, -0.1) is 0 Å². The van der Waals surface area contributed by atoms with Gasteiger partial charge < -0.3 is 9.80 Å². The summed E-state index contributed by atoms with van der Waals surface area (Å²) >= 11 is 0. The molecule has 0 radical (unpaired) electrons.